The van der Waals surface area contributed by atoms with Crippen molar-refractivity contribution in [1.29, 1.82) is 0 Å². The Morgan fingerprint density at radius 3 is 2.48 bits per heavy atom. The number of fused-ring (bicyclic) bond motifs is 1. The second-order valence-corrected chi connectivity index (χ2v) is 8.28. The summed E-state index contributed by atoms with van der Waals surface area (Å²) in [7, 11) is 0. The highest BCUT2D eigenvalue weighted by molar-refractivity contribution is 9.10. The molecule has 1 heterocycles. The Hall–Kier alpha value is -2.34. The van der Waals surface area contributed by atoms with Gasteiger partial charge in [-0.1, -0.05) is 57.3 Å². The topological polar surface area (TPSA) is 57.8 Å². The number of hydrogen-bond donors (Lipinski definition) is 2. The third kappa shape index (κ3) is 4.47. The molecule has 0 atom stereocenters. The van der Waals surface area contributed by atoms with Crippen LogP contribution in [0, 0.1) is 0 Å². The summed E-state index contributed by atoms with van der Waals surface area (Å²) in [6, 6.07) is 18.7. The number of nitrogens with zero attached hydrogens (tertiary/aromatic N) is 1. The fourth-order valence-electron chi connectivity index (χ4n) is 3.07. The monoisotopic (exact) mass is 487 g/mol. The van der Waals surface area contributed by atoms with Crippen LogP contribution in [-0.2, 0) is 6.42 Å². The van der Waals surface area contributed by atoms with E-state index >= 15 is 0 Å². The summed E-state index contributed by atoms with van der Waals surface area (Å²) in [6.07, 6.45) is 0.764. The summed E-state index contributed by atoms with van der Waals surface area (Å²) in [4.78, 5) is 20.3. The Balaban J connectivity index is 1.49. The minimum Gasteiger partial charge on any atom is -0.352 e. The number of H-pyrrole nitrogens is 1. The lowest BCUT2D eigenvalue weighted by Crippen LogP contribution is -2.25. The lowest BCUT2D eigenvalue weighted by Gasteiger charge is -2.06. The largest absolute Gasteiger partial charge is 0.352 e. The van der Waals surface area contributed by atoms with E-state index in [1.165, 1.54) is 5.56 Å². The zero-order valence-corrected chi connectivity index (χ0v) is 18.3. The van der Waals surface area contributed by atoms with Crippen LogP contribution in [0.3, 0.4) is 0 Å². The van der Waals surface area contributed by atoms with Gasteiger partial charge in [0.05, 0.1) is 26.6 Å². The van der Waals surface area contributed by atoms with Crippen LogP contribution < -0.4 is 5.32 Å². The molecule has 1 amide bonds. The fraction of sp³-hybridized carbons (Fsp3) is 0.0909. The van der Waals surface area contributed by atoms with Gasteiger partial charge in [-0.15, -0.1) is 0 Å². The van der Waals surface area contributed by atoms with Gasteiger partial charge in [0.15, 0.2) is 0 Å². The Morgan fingerprint density at radius 1 is 1.03 bits per heavy atom. The van der Waals surface area contributed by atoms with Gasteiger partial charge >= 0.3 is 0 Å². The summed E-state index contributed by atoms with van der Waals surface area (Å²) >= 11 is 16.0. The average Bonchev–Trinajstić information content (AvgIpc) is 3.12. The van der Waals surface area contributed by atoms with E-state index in [1.54, 1.807) is 30.3 Å². The standard InChI is InChI=1S/C22H16BrCl2N3O/c23-15-7-4-13(5-8-15)10-11-26-22(29)14-6-9-18-19(12-14)28-21(27-18)20-16(24)2-1-3-17(20)25/h1-9,12H,10-11H2,(H,26,29)(H,27,28). The van der Waals surface area contributed by atoms with Gasteiger partial charge in [-0.05, 0) is 54.4 Å². The van der Waals surface area contributed by atoms with Crippen LogP contribution >= 0.6 is 39.1 Å². The molecule has 4 rings (SSSR count). The van der Waals surface area contributed by atoms with Crippen LogP contribution in [0.2, 0.25) is 10.0 Å². The molecule has 29 heavy (non-hydrogen) atoms. The maximum atomic E-state index is 12.5. The average molecular weight is 489 g/mol. The highest BCUT2D eigenvalue weighted by Crippen LogP contribution is 2.33. The van der Waals surface area contributed by atoms with Gasteiger partial charge in [-0.2, -0.15) is 0 Å². The van der Waals surface area contributed by atoms with Crippen molar-refractivity contribution in [3.63, 3.8) is 0 Å². The zero-order chi connectivity index (χ0) is 20.4. The minimum absolute atomic E-state index is 0.129. The van der Waals surface area contributed by atoms with E-state index in [9.17, 15) is 4.79 Å². The fourth-order valence-corrected chi connectivity index (χ4v) is 3.91. The van der Waals surface area contributed by atoms with Crippen LogP contribution in [0.15, 0.2) is 65.1 Å². The Labute approximate surface area is 186 Å². The number of aromatic amines is 1. The van der Waals surface area contributed by atoms with Gasteiger partial charge < -0.3 is 10.3 Å². The number of imidazole rings is 1. The van der Waals surface area contributed by atoms with E-state index in [-0.39, 0.29) is 5.91 Å². The highest BCUT2D eigenvalue weighted by atomic mass is 79.9. The van der Waals surface area contributed by atoms with E-state index in [0.29, 0.717) is 33.5 Å². The van der Waals surface area contributed by atoms with Crippen molar-refractivity contribution in [2.24, 2.45) is 0 Å². The van der Waals surface area contributed by atoms with Crippen LogP contribution in [-0.4, -0.2) is 22.4 Å². The molecule has 0 aliphatic rings. The van der Waals surface area contributed by atoms with Crippen molar-refractivity contribution in [3.05, 3.63) is 86.3 Å². The van der Waals surface area contributed by atoms with Crippen molar-refractivity contribution >= 4 is 56.1 Å². The predicted molar refractivity (Wildman–Crippen MR) is 122 cm³/mol. The number of carbonyl (C=O) groups is 1. The number of amides is 1. The summed E-state index contributed by atoms with van der Waals surface area (Å²) in [5.41, 5.74) is 3.86. The first-order valence-electron chi connectivity index (χ1n) is 8.98. The van der Waals surface area contributed by atoms with Gasteiger partial charge in [0.1, 0.15) is 5.82 Å². The molecule has 0 unspecified atom stereocenters. The number of hydrogen-bond acceptors (Lipinski definition) is 2. The number of halogens is 3. The van der Waals surface area contributed by atoms with Gasteiger partial charge in [0.2, 0.25) is 0 Å². The maximum absolute atomic E-state index is 12.5. The summed E-state index contributed by atoms with van der Waals surface area (Å²) in [5.74, 6) is 0.444. The molecular weight excluding hydrogens is 473 g/mol. The van der Waals surface area contributed by atoms with Crippen molar-refractivity contribution in [3.8, 4) is 11.4 Å². The second-order valence-electron chi connectivity index (χ2n) is 6.55. The number of nitrogens with one attached hydrogen (secondary N) is 2. The molecule has 146 valence electrons. The molecule has 0 radical (unpaired) electrons. The molecule has 1 aromatic heterocycles. The van der Waals surface area contributed by atoms with E-state index < -0.39 is 0 Å². The van der Waals surface area contributed by atoms with Crippen LogP contribution in [0.1, 0.15) is 15.9 Å². The molecule has 2 N–H and O–H groups in total. The predicted octanol–water partition coefficient (Wildman–Crippen LogP) is 6.27. The highest BCUT2D eigenvalue weighted by Gasteiger charge is 2.14. The Kier molecular flexibility index (Phi) is 5.90. The number of carbonyl (C=O) groups excluding carboxylic acids is 1. The van der Waals surface area contributed by atoms with Gasteiger partial charge in [-0.3, -0.25) is 4.79 Å². The zero-order valence-electron chi connectivity index (χ0n) is 15.2. The van der Waals surface area contributed by atoms with E-state index in [0.717, 1.165) is 21.9 Å². The smallest absolute Gasteiger partial charge is 0.251 e. The van der Waals surface area contributed by atoms with Crippen molar-refractivity contribution < 1.29 is 4.79 Å². The van der Waals surface area contributed by atoms with E-state index in [2.05, 4.69) is 31.2 Å². The summed E-state index contributed by atoms with van der Waals surface area (Å²) in [6.45, 7) is 0.558. The lowest BCUT2D eigenvalue weighted by molar-refractivity contribution is 0.0954. The normalized spacial score (nSPS) is 11.0. The molecule has 4 aromatic rings. The van der Waals surface area contributed by atoms with Gasteiger partial charge in [0.25, 0.3) is 5.91 Å². The quantitative estimate of drug-likeness (QED) is 0.347. The van der Waals surface area contributed by atoms with Crippen molar-refractivity contribution in [1.82, 2.24) is 15.3 Å². The molecule has 0 aliphatic carbocycles. The molecule has 7 heteroatoms. The first kappa shape index (κ1) is 20.0. The van der Waals surface area contributed by atoms with Crippen LogP contribution in [0.5, 0.6) is 0 Å². The van der Waals surface area contributed by atoms with Crippen LogP contribution in [0.25, 0.3) is 22.4 Å². The summed E-state index contributed by atoms with van der Waals surface area (Å²) < 4.78 is 1.04. The molecule has 4 nitrogen and oxygen atoms in total. The van der Waals surface area contributed by atoms with E-state index in [1.807, 2.05) is 30.3 Å². The van der Waals surface area contributed by atoms with Gasteiger partial charge in [0, 0.05) is 16.6 Å². The molecule has 0 spiro atoms. The molecule has 0 bridgehead atoms. The second kappa shape index (κ2) is 8.57. The van der Waals surface area contributed by atoms with Crippen LogP contribution in [0.4, 0.5) is 0 Å². The Bertz CT molecular complexity index is 1170. The maximum Gasteiger partial charge on any atom is 0.251 e. The molecular formula is C22H16BrCl2N3O. The number of benzene rings is 3. The SMILES string of the molecule is O=C(NCCc1ccc(Br)cc1)c1ccc2nc(-c3c(Cl)cccc3Cl)[nH]c2c1. The first-order chi connectivity index (χ1) is 14.0. The molecule has 0 saturated heterocycles. The number of aromatic nitrogens is 2. The summed E-state index contributed by atoms with van der Waals surface area (Å²) in [5, 5.41) is 3.99. The molecule has 0 fully saturated rings. The van der Waals surface area contributed by atoms with Gasteiger partial charge in [-0.25, -0.2) is 4.98 Å². The Morgan fingerprint density at radius 2 is 1.76 bits per heavy atom. The minimum atomic E-state index is -0.129. The van der Waals surface area contributed by atoms with Crippen molar-refractivity contribution in [2.45, 2.75) is 6.42 Å². The third-order valence-corrected chi connectivity index (χ3v) is 5.71. The number of rotatable bonds is 5. The molecule has 0 saturated carbocycles. The van der Waals surface area contributed by atoms with E-state index in [4.69, 9.17) is 23.2 Å². The molecule has 3 aromatic carbocycles. The first-order valence-corrected chi connectivity index (χ1v) is 10.5. The molecule has 0 aliphatic heterocycles. The third-order valence-electron chi connectivity index (χ3n) is 4.56. The van der Waals surface area contributed by atoms with Crippen molar-refractivity contribution in [2.75, 3.05) is 6.54 Å². The lowest BCUT2D eigenvalue weighted by atomic mass is 10.1.